The Morgan fingerprint density at radius 2 is 2.00 bits per heavy atom. The van der Waals surface area contributed by atoms with Gasteiger partial charge < -0.3 is 19.9 Å². The second-order valence-electron chi connectivity index (χ2n) is 4.87. The van der Waals surface area contributed by atoms with Crippen LogP contribution in [0.25, 0.3) is 0 Å². The summed E-state index contributed by atoms with van der Waals surface area (Å²) < 4.78 is 10.7. The lowest BCUT2D eigenvalue weighted by molar-refractivity contribution is 0.0768. The van der Waals surface area contributed by atoms with Crippen molar-refractivity contribution in [1.82, 2.24) is 5.32 Å². The molecule has 1 aromatic rings. The monoisotopic (exact) mass is 267 g/mol. The van der Waals surface area contributed by atoms with Crippen LogP contribution < -0.4 is 10.1 Å². The zero-order valence-corrected chi connectivity index (χ0v) is 12.3. The van der Waals surface area contributed by atoms with E-state index < -0.39 is 0 Å². The molecular formula is C15H25NO3. The molecule has 0 radical (unpaired) electrons. The molecule has 108 valence electrons. The van der Waals surface area contributed by atoms with Gasteiger partial charge in [-0.25, -0.2) is 0 Å². The first-order valence-electron chi connectivity index (χ1n) is 6.76. The number of aromatic hydroxyl groups is 1. The number of ether oxygens (including phenoxy) is 2. The van der Waals surface area contributed by atoms with E-state index in [1.54, 1.807) is 19.2 Å². The Morgan fingerprint density at radius 1 is 1.26 bits per heavy atom. The zero-order valence-electron chi connectivity index (χ0n) is 12.3. The third-order valence-electron chi connectivity index (χ3n) is 2.92. The van der Waals surface area contributed by atoms with Crippen molar-refractivity contribution < 1.29 is 14.6 Å². The Morgan fingerprint density at radius 3 is 2.63 bits per heavy atom. The molecule has 0 aliphatic rings. The molecule has 0 heterocycles. The van der Waals surface area contributed by atoms with E-state index in [0.717, 1.165) is 30.9 Å². The average molecular weight is 267 g/mol. The van der Waals surface area contributed by atoms with Gasteiger partial charge in [0, 0.05) is 18.2 Å². The van der Waals surface area contributed by atoms with Gasteiger partial charge in [-0.2, -0.15) is 0 Å². The van der Waals surface area contributed by atoms with Crippen molar-refractivity contribution in [2.24, 2.45) is 0 Å². The van der Waals surface area contributed by atoms with E-state index >= 15 is 0 Å². The second kappa shape index (κ2) is 8.02. The van der Waals surface area contributed by atoms with Gasteiger partial charge in [-0.1, -0.05) is 0 Å². The minimum atomic E-state index is 0.0779. The molecule has 0 saturated carbocycles. The summed E-state index contributed by atoms with van der Waals surface area (Å²) in [5, 5.41) is 13.2. The highest BCUT2D eigenvalue weighted by Crippen LogP contribution is 2.28. The Hall–Kier alpha value is -1.26. The predicted molar refractivity (Wildman–Crippen MR) is 76.8 cm³/mol. The van der Waals surface area contributed by atoms with Crippen LogP contribution in [0.1, 0.15) is 38.8 Å². The lowest BCUT2D eigenvalue weighted by Gasteiger charge is -2.16. The molecule has 0 fully saturated rings. The van der Waals surface area contributed by atoms with Crippen molar-refractivity contribution in [3.63, 3.8) is 0 Å². The molecule has 0 spiro atoms. The van der Waals surface area contributed by atoms with E-state index in [-0.39, 0.29) is 12.1 Å². The van der Waals surface area contributed by atoms with Crippen LogP contribution in [-0.2, 0) is 4.74 Å². The van der Waals surface area contributed by atoms with Crippen LogP contribution in [0.15, 0.2) is 18.2 Å². The second-order valence-corrected chi connectivity index (χ2v) is 4.87. The molecule has 0 aliphatic heterocycles. The molecule has 0 aromatic heterocycles. The summed E-state index contributed by atoms with van der Waals surface area (Å²) in [7, 11) is 1.62. The summed E-state index contributed by atoms with van der Waals surface area (Å²) in [6, 6.07) is 5.35. The largest absolute Gasteiger partial charge is 0.508 e. The maximum Gasteiger partial charge on any atom is 0.120 e. The molecule has 4 heteroatoms. The molecule has 1 unspecified atom stereocenters. The first-order chi connectivity index (χ1) is 9.04. The lowest BCUT2D eigenvalue weighted by Crippen LogP contribution is -2.21. The Bertz CT molecular complexity index is 380. The van der Waals surface area contributed by atoms with Crippen molar-refractivity contribution in [3.05, 3.63) is 23.8 Å². The molecule has 0 saturated heterocycles. The van der Waals surface area contributed by atoms with Crippen molar-refractivity contribution in [3.8, 4) is 11.5 Å². The first-order valence-corrected chi connectivity index (χ1v) is 6.76. The third-order valence-corrected chi connectivity index (χ3v) is 2.92. The number of hydrogen-bond donors (Lipinski definition) is 2. The number of benzene rings is 1. The lowest BCUT2D eigenvalue weighted by atomic mass is 10.1. The van der Waals surface area contributed by atoms with Crippen LogP contribution >= 0.6 is 0 Å². The molecule has 1 aromatic carbocycles. The van der Waals surface area contributed by atoms with Gasteiger partial charge in [0.2, 0.25) is 0 Å². The topological polar surface area (TPSA) is 50.7 Å². The van der Waals surface area contributed by atoms with E-state index in [1.807, 2.05) is 26.8 Å². The summed E-state index contributed by atoms with van der Waals surface area (Å²) in [6.45, 7) is 7.69. The normalized spacial score (nSPS) is 12.7. The molecule has 19 heavy (non-hydrogen) atoms. The van der Waals surface area contributed by atoms with Gasteiger partial charge >= 0.3 is 0 Å². The van der Waals surface area contributed by atoms with Crippen LogP contribution in [0.3, 0.4) is 0 Å². The molecule has 0 amide bonds. The van der Waals surface area contributed by atoms with Crippen molar-refractivity contribution in [1.29, 1.82) is 0 Å². The highest BCUT2D eigenvalue weighted by molar-refractivity contribution is 5.41. The number of rotatable bonds is 8. The van der Waals surface area contributed by atoms with Crippen LogP contribution in [0.4, 0.5) is 0 Å². The summed E-state index contributed by atoms with van der Waals surface area (Å²) in [6.07, 6.45) is 1.23. The van der Waals surface area contributed by atoms with Gasteiger partial charge in [0.1, 0.15) is 11.5 Å². The fraction of sp³-hybridized carbons (Fsp3) is 0.600. The SMILES string of the molecule is COc1ccc(O)c(C(C)NCCCOC(C)C)c1. The number of methoxy groups -OCH3 is 1. The summed E-state index contributed by atoms with van der Waals surface area (Å²) in [5.74, 6) is 1.05. The van der Waals surface area contributed by atoms with E-state index in [2.05, 4.69) is 5.32 Å². The van der Waals surface area contributed by atoms with Crippen LogP contribution in [0.5, 0.6) is 11.5 Å². The summed E-state index contributed by atoms with van der Waals surface area (Å²) in [4.78, 5) is 0. The standard InChI is InChI=1S/C15H25NO3/c1-11(2)19-9-5-8-16-12(3)14-10-13(18-4)6-7-15(14)17/h6-7,10-12,16-17H,5,8-9H2,1-4H3. The fourth-order valence-electron chi connectivity index (χ4n) is 1.83. The molecule has 1 rings (SSSR count). The third kappa shape index (κ3) is 5.49. The molecule has 0 aliphatic carbocycles. The Labute approximate surface area is 115 Å². The number of phenols is 1. The zero-order chi connectivity index (χ0) is 14.3. The minimum absolute atomic E-state index is 0.0779. The number of nitrogens with one attached hydrogen (secondary N) is 1. The minimum Gasteiger partial charge on any atom is -0.508 e. The van der Waals surface area contributed by atoms with Gasteiger partial charge in [0.15, 0.2) is 0 Å². The first kappa shape index (κ1) is 15.8. The van der Waals surface area contributed by atoms with Gasteiger partial charge in [0.05, 0.1) is 13.2 Å². The fourth-order valence-corrected chi connectivity index (χ4v) is 1.83. The molecular weight excluding hydrogens is 242 g/mol. The van der Waals surface area contributed by atoms with E-state index in [1.165, 1.54) is 0 Å². The van der Waals surface area contributed by atoms with E-state index in [4.69, 9.17) is 9.47 Å². The molecule has 0 bridgehead atoms. The highest BCUT2D eigenvalue weighted by Gasteiger charge is 2.10. The molecule has 2 N–H and O–H groups in total. The van der Waals surface area contributed by atoms with E-state index in [0.29, 0.717) is 5.75 Å². The average Bonchev–Trinajstić information content (AvgIpc) is 2.38. The smallest absolute Gasteiger partial charge is 0.120 e. The van der Waals surface area contributed by atoms with Gasteiger partial charge in [-0.3, -0.25) is 0 Å². The van der Waals surface area contributed by atoms with Crippen LogP contribution in [0.2, 0.25) is 0 Å². The van der Waals surface area contributed by atoms with Crippen molar-refractivity contribution in [2.45, 2.75) is 39.3 Å². The van der Waals surface area contributed by atoms with Gasteiger partial charge in [-0.05, 0) is 51.9 Å². The Balaban J connectivity index is 2.42. The summed E-state index contributed by atoms with van der Waals surface area (Å²) >= 11 is 0. The highest BCUT2D eigenvalue weighted by atomic mass is 16.5. The van der Waals surface area contributed by atoms with Crippen molar-refractivity contribution in [2.75, 3.05) is 20.3 Å². The van der Waals surface area contributed by atoms with Crippen molar-refractivity contribution >= 4 is 0 Å². The maximum absolute atomic E-state index is 9.86. The quantitative estimate of drug-likeness (QED) is 0.711. The van der Waals surface area contributed by atoms with Crippen LogP contribution in [-0.4, -0.2) is 31.5 Å². The summed E-state index contributed by atoms with van der Waals surface area (Å²) in [5.41, 5.74) is 0.851. The van der Waals surface area contributed by atoms with Crippen LogP contribution in [0, 0.1) is 0 Å². The maximum atomic E-state index is 9.86. The molecule has 4 nitrogen and oxygen atoms in total. The molecule has 1 atom stereocenters. The van der Waals surface area contributed by atoms with Gasteiger partial charge in [0.25, 0.3) is 0 Å². The predicted octanol–water partition coefficient (Wildman–Crippen LogP) is 2.87. The number of phenolic OH excluding ortho intramolecular Hbond substituents is 1. The number of hydrogen-bond acceptors (Lipinski definition) is 4. The van der Waals surface area contributed by atoms with Gasteiger partial charge in [-0.15, -0.1) is 0 Å². The van der Waals surface area contributed by atoms with E-state index in [9.17, 15) is 5.11 Å². The Kier molecular flexibility index (Phi) is 6.67.